The van der Waals surface area contributed by atoms with Crippen LogP contribution in [0.1, 0.15) is 40.0 Å². The molecule has 0 aromatic heterocycles. The average Bonchev–Trinajstić information content (AvgIpc) is 2.25. The molecular formula is C12H26NO3PS. The summed E-state index contributed by atoms with van der Waals surface area (Å²) in [6.07, 6.45) is 3.33. The van der Waals surface area contributed by atoms with Crippen LogP contribution in [0.2, 0.25) is 0 Å². The van der Waals surface area contributed by atoms with E-state index in [-0.39, 0.29) is 12.7 Å². The van der Waals surface area contributed by atoms with Crippen molar-refractivity contribution in [2.45, 2.75) is 46.1 Å². The second kappa shape index (κ2) is 7.32. The van der Waals surface area contributed by atoms with Crippen LogP contribution in [0.25, 0.3) is 0 Å². The quantitative estimate of drug-likeness (QED) is 0.738. The molecule has 4 nitrogen and oxygen atoms in total. The van der Waals surface area contributed by atoms with Gasteiger partial charge in [0.2, 0.25) is 0 Å². The van der Waals surface area contributed by atoms with Gasteiger partial charge in [0, 0.05) is 6.54 Å². The van der Waals surface area contributed by atoms with Gasteiger partial charge in [-0.1, -0.05) is 27.2 Å². The van der Waals surface area contributed by atoms with Crippen molar-refractivity contribution in [3.63, 3.8) is 0 Å². The minimum Gasteiger partial charge on any atom is -0.328 e. The standard InChI is InChI=1S/C12H26NO3PS/c1-9(2)11-5-4-10(3)8-12(11)16-17(14,18)15-7-6-13/h9-12H,4-8,13H2,1-3H3,(H,14,18). The first kappa shape index (κ1) is 16.5. The Morgan fingerprint density at radius 2 is 2.11 bits per heavy atom. The molecule has 1 rings (SSSR count). The van der Waals surface area contributed by atoms with Crippen LogP contribution in [0.15, 0.2) is 0 Å². The fourth-order valence-electron chi connectivity index (χ4n) is 2.61. The molecule has 0 amide bonds. The van der Waals surface area contributed by atoms with Gasteiger partial charge in [-0.2, -0.15) is 0 Å². The first-order valence-corrected chi connectivity index (χ1v) is 9.30. The SMILES string of the molecule is CC1CCC(C(C)C)C(OP(O)(=S)OCCN)C1. The van der Waals surface area contributed by atoms with Crippen molar-refractivity contribution in [1.29, 1.82) is 0 Å². The summed E-state index contributed by atoms with van der Waals surface area (Å²) in [5, 5.41) is 0. The Hall–Kier alpha value is 0.490. The van der Waals surface area contributed by atoms with Crippen molar-refractivity contribution >= 4 is 18.5 Å². The van der Waals surface area contributed by atoms with Crippen molar-refractivity contribution in [1.82, 2.24) is 0 Å². The van der Waals surface area contributed by atoms with Gasteiger partial charge in [0.1, 0.15) is 0 Å². The maximum atomic E-state index is 10.0. The van der Waals surface area contributed by atoms with Gasteiger partial charge in [-0.05, 0) is 42.4 Å². The van der Waals surface area contributed by atoms with E-state index < -0.39 is 6.72 Å². The van der Waals surface area contributed by atoms with E-state index in [9.17, 15) is 4.89 Å². The third-order valence-corrected chi connectivity index (χ3v) is 5.22. The van der Waals surface area contributed by atoms with Gasteiger partial charge in [-0.3, -0.25) is 0 Å². The van der Waals surface area contributed by atoms with Crippen molar-refractivity contribution < 1.29 is 13.9 Å². The number of nitrogens with two attached hydrogens (primary N) is 1. The highest BCUT2D eigenvalue weighted by Gasteiger charge is 2.35. The van der Waals surface area contributed by atoms with Crippen molar-refractivity contribution in [3.05, 3.63) is 0 Å². The molecule has 0 heterocycles. The topological polar surface area (TPSA) is 64.7 Å². The van der Waals surface area contributed by atoms with Crippen LogP contribution in [0.4, 0.5) is 0 Å². The van der Waals surface area contributed by atoms with Crippen LogP contribution >= 0.6 is 6.72 Å². The fraction of sp³-hybridized carbons (Fsp3) is 1.00. The Labute approximate surface area is 115 Å². The monoisotopic (exact) mass is 295 g/mol. The van der Waals surface area contributed by atoms with Crippen LogP contribution < -0.4 is 5.73 Å². The number of hydrogen-bond acceptors (Lipinski definition) is 4. The lowest BCUT2D eigenvalue weighted by atomic mass is 9.75. The molecule has 1 aliphatic carbocycles. The lowest BCUT2D eigenvalue weighted by Gasteiger charge is -2.38. The number of hydrogen-bond donors (Lipinski definition) is 2. The van der Waals surface area contributed by atoms with Crippen molar-refractivity contribution in [3.8, 4) is 0 Å². The molecule has 1 saturated carbocycles. The minimum atomic E-state index is -3.13. The molecule has 18 heavy (non-hydrogen) atoms. The molecule has 4 unspecified atom stereocenters. The Morgan fingerprint density at radius 3 is 2.67 bits per heavy atom. The molecule has 0 aromatic rings. The zero-order valence-electron chi connectivity index (χ0n) is 11.5. The molecule has 0 aliphatic heterocycles. The van der Waals surface area contributed by atoms with Gasteiger partial charge in [-0.25, -0.2) is 0 Å². The molecule has 4 atom stereocenters. The van der Waals surface area contributed by atoms with Gasteiger partial charge < -0.3 is 19.7 Å². The van der Waals surface area contributed by atoms with Crippen LogP contribution in [0.3, 0.4) is 0 Å². The summed E-state index contributed by atoms with van der Waals surface area (Å²) < 4.78 is 10.9. The molecule has 0 radical (unpaired) electrons. The first-order valence-electron chi connectivity index (χ1n) is 6.71. The lowest BCUT2D eigenvalue weighted by Crippen LogP contribution is -2.33. The van der Waals surface area contributed by atoms with E-state index in [1.54, 1.807) is 0 Å². The highest BCUT2D eigenvalue weighted by molar-refractivity contribution is 8.07. The van der Waals surface area contributed by atoms with Crippen LogP contribution in [0.5, 0.6) is 0 Å². The Morgan fingerprint density at radius 1 is 1.44 bits per heavy atom. The summed E-state index contributed by atoms with van der Waals surface area (Å²) >= 11 is 5.03. The second-order valence-corrected chi connectivity index (χ2v) is 8.35. The van der Waals surface area contributed by atoms with Gasteiger partial charge in [0.15, 0.2) is 0 Å². The van der Waals surface area contributed by atoms with Gasteiger partial charge in [0.05, 0.1) is 12.7 Å². The molecule has 0 bridgehead atoms. The van der Waals surface area contributed by atoms with E-state index in [1.165, 1.54) is 6.42 Å². The Balaban J connectivity index is 2.62. The van der Waals surface area contributed by atoms with E-state index in [2.05, 4.69) is 20.8 Å². The highest BCUT2D eigenvalue weighted by Crippen LogP contribution is 2.49. The molecule has 0 aromatic carbocycles. The maximum absolute atomic E-state index is 10.0. The number of rotatable bonds is 6. The third-order valence-electron chi connectivity index (χ3n) is 3.60. The van der Waals surface area contributed by atoms with Crippen molar-refractivity contribution in [2.75, 3.05) is 13.2 Å². The third kappa shape index (κ3) is 5.24. The normalized spacial score (nSPS) is 32.4. The zero-order chi connectivity index (χ0) is 13.8. The van der Waals surface area contributed by atoms with E-state index in [0.29, 0.717) is 24.3 Å². The summed E-state index contributed by atoms with van der Waals surface area (Å²) in [4.78, 5) is 10.0. The smallest absolute Gasteiger partial charge is 0.324 e. The van der Waals surface area contributed by atoms with E-state index in [4.69, 9.17) is 26.6 Å². The molecule has 1 aliphatic rings. The predicted octanol–water partition coefficient (Wildman–Crippen LogP) is 2.66. The maximum Gasteiger partial charge on any atom is 0.324 e. The van der Waals surface area contributed by atoms with Crippen LogP contribution in [-0.2, 0) is 20.9 Å². The van der Waals surface area contributed by atoms with Gasteiger partial charge >= 0.3 is 6.72 Å². The summed E-state index contributed by atoms with van der Waals surface area (Å²) in [6, 6.07) is 0. The summed E-state index contributed by atoms with van der Waals surface area (Å²) in [7, 11) is 0. The Kier molecular flexibility index (Phi) is 6.73. The zero-order valence-corrected chi connectivity index (χ0v) is 13.3. The molecule has 3 N–H and O–H groups in total. The predicted molar refractivity (Wildman–Crippen MR) is 77.7 cm³/mol. The minimum absolute atomic E-state index is 0.0161. The fourth-order valence-corrected chi connectivity index (χ4v) is 4.14. The van der Waals surface area contributed by atoms with Crippen LogP contribution in [0, 0.1) is 17.8 Å². The second-order valence-electron chi connectivity index (χ2n) is 5.56. The molecule has 108 valence electrons. The molecular weight excluding hydrogens is 269 g/mol. The molecule has 6 heteroatoms. The van der Waals surface area contributed by atoms with Gasteiger partial charge in [0.25, 0.3) is 0 Å². The highest BCUT2D eigenvalue weighted by atomic mass is 32.5. The molecule has 1 fully saturated rings. The van der Waals surface area contributed by atoms with Crippen molar-refractivity contribution in [2.24, 2.45) is 23.5 Å². The summed E-state index contributed by atoms with van der Waals surface area (Å²) in [5.74, 6) is 1.61. The lowest BCUT2D eigenvalue weighted by molar-refractivity contribution is 0.0296. The largest absolute Gasteiger partial charge is 0.328 e. The Bertz CT molecular complexity index is 301. The molecule has 0 spiro atoms. The van der Waals surface area contributed by atoms with Crippen LogP contribution in [-0.4, -0.2) is 24.1 Å². The van der Waals surface area contributed by atoms with E-state index >= 15 is 0 Å². The van der Waals surface area contributed by atoms with E-state index in [1.807, 2.05) is 0 Å². The summed E-state index contributed by atoms with van der Waals surface area (Å²) in [6.45, 7) is 4.07. The summed E-state index contributed by atoms with van der Waals surface area (Å²) in [5.41, 5.74) is 5.35. The van der Waals surface area contributed by atoms with Gasteiger partial charge in [-0.15, -0.1) is 0 Å². The molecule has 0 saturated heterocycles. The first-order chi connectivity index (χ1) is 8.35. The average molecular weight is 295 g/mol. The van der Waals surface area contributed by atoms with E-state index in [0.717, 1.165) is 12.8 Å².